The van der Waals surface area contributed by atoms with Gasteiger partial charge in [-0.05, 0) is 6.07 Å². The normalized spacial score (nSPS) is 12.7. The number of anilines is 1. The van der Waals surface area contributed by atoms with Crippen molar-refractivity contribution in [2.75, 3.05) is 19.0 Å². The Morgan fingerprint density at radius 2 is 2.11 bits per heavy atom. The van der Waals surface area contributed by atoms with Crippen molar-refractivity contribution in [3.8, 4) is 5.75 Å². The van der Waals surface area contributed by atoms with Gasteiger partial charge in [0.1, 0.15) is 5.75 Å². The molecule has 1 aliphatic heterocycles. The molecular formula is C12H11NO5. The Morgan fingerprint density at radius 3 is 2.72 bits per heavy atom. The molecule has 1 amide bonds. The van der Waals surface area contributed by atoms with Crippen LogP contribution >= 0.6 is 0 Å². The molecule has 6 heteroatoms. The minimum absolute atomic E-state index is 0.0561. The number of hydrogen-bond donors (Lipinski definition) is 1. The molecule has 0 radical (unpaired) electrons. The molecule has 1 aromatic rings. The van der Waals surface area contributed by atoms with Crippen LogP contribution in [0.15, 0.2) is 12.1 Å². The Kier molecular flexibility index (Phi) is 3.01. The Labute approximate surface area is 103 Å². The zero-order valence-electron chi connectivity index (χ0n) is 9.90. The zero-order chi connectivity index (χ0) is 13.3. The maximum atomic E-state index is 11.6. The smallest absolute Gasteiger partial charge is 0.340 e. The number of carbonyl (C=O) groups is 3. The lowest BCUT2D eigenvalue weighted by Crippen LogP contribution is -2.12. The number of Topliss-reactive ketones (excluding diaryl/α,β-unsaturated/α-hetero) is 1. The van der Waals surface area contributed by atoms with Gasteiger partial charge in [-0.1, -0.05) is 0 Å². The van der Waals surface area contributed by atoms with Crippen LogP contribution in [-0.2, 0) is 9.53 Å². The van der Waals surface area contributed by atoms with Crippen LogP contribution in [0.25, 0.3) is 0 Å². The van der Waals surface area contributed by atoms with E-state index in [0.29, 0.717) is 11.3 Å². The second kappa shape index (κ2) is 4.48. The average molecular weight is 249 g/mol. The molecule has 0 aliphatic carbocycles. The number of rotatable bonds is 2. The summed E-state index contributed by atoms with van der Waals surface area (Å²) >= 11 is 0. The highest BCUT2D eigenvalue weighted by Gasteiger charge is 2.26. The third-order valence-electron chi connectivity index (χ3n) is 2.49. The van der Waals surface area contributed by atoms with E-state index < -0.39 is 5.97 Å². The van der Waals surface area contributed by atoms with E-state index in [4.69, 9.17) is 4.74 Å². The first-order valence-electron chi connectivity index (χ1n) is 5.23. The third kappa shape index (κ3) is 2.04. The molecule has 6 nitrogen and oxygen atoms in total. The molecule has 1 heterocycles. The SMILES string of the molecule is COC(=O)c1cc2c(cc1NC(C)=O)OCC2=O. The molecule has 0 aromatic heterocycles. The van der Waals surface area contributed by atoms with E-state index >= 15 is 0 Å². The quantitative estimate of drug-likeness (QED) is 0.791. The average Bonchev–Trinajstić information content (AvgIpc) is 2.68. The maximum Gasteiger partial charge on any atom is 0.340 e. The van der Waals surface area contributed by atoms with Gasteiger partial charge in [0.05, 0.1) is 23.9 Å². The van der Waals surface area contributed by atoms with Crippen LogP contribution in [0.5, 0.6) is 5.75 Å². The van der Waals surface area contributed by atoms with E-state index in [9.17, 15) is 14.4 Å². The van der Waals surface area contributed by atoms with Crippen LogP contribution in [0.4, 0.5) is 5.69 Å². The predicted molar refractivity (Wildman–Crippen MR) is 61.9 cm³/mol. The van der Waals surface area contributed by atoms with Crippen LogP contribution in [-0.4, -0.2) is 31.4 Å². The van der Waals surface area contributed by atoms with Gasteiger partial charge >= 0.3 is 5.97 Å². The van der Waals surface area contributed by atoms with Crippen LogP contribution in [0, 0.1) is 0 Å². The van der Waals surface area contributed by atoms with E-state index in [2.05, 4.69) is 10.1 Å². The van der Waals surface area contributed by atoms with E-state index in [1.807, 2.05) is 0 Å². The van der Waals surface area contributed by atoms with Gasteiger partial charge in [-0.25, -0.2) is 4.79 Å². The van der Waals surface area contributed by atoms with Crippen molar-refractivity contribution in [3.05, 3.63) is 23.3 Å². The number of nitrogens with one attached hydrogen (secondary N) is 1. The Hall–Kier alpha value is -2.37. The molecule has 1 aliphatic rings. The number of amides is 1. The second-order valence-corrected chi connectivity index (χ2v) is 3.78. The summed E-state index contributed by atoms with van der Waals surface area (Å²) in [6.07, 6.45) is 0. The molecule has 0 fully saturated rings. The molecular weight excluding hydrogens is 238 g/mol. The number of carbonyl (C=O) groups excluding carboxylic acids is 3. The molecule has 1 N–H and O–H groups in total. The zero-order valence-corrected chi connectivity index (χ0v) is 9.90. The van der Waals surface area contributed by atoms with E-state index in [1.165, 1.54) is 26.2 Å². The van der Waals surface area contributed by atoms with Gasteiger partial charge in [0.15, 0.2) is 6.61 Å². The summed E-state index contributed by atoms with van der Waals surface area (Å²) in [5.41, 5.74) is 0.720. The maximum absolute atomic E-state index is 11.6. The summed E-state index contributed by atoms with van der Waals surface area (Å²) in [4.78, 5) is 34.2. The summed E-state index contributed by atoms with van der Waals surface area (Å²) in [6, 6.07) is 2.83. The molecule has 0 saturated carbocycles. The highest BCUT2D eigenvalue weighted by Crippen LogP contribution is 2.32. The first-order chi connectivity index (χ1) is 8.52. The van der Waals surface area contributed by atoms with Crippen molar-refractivity contribution in [2.24, 2.45) is 0 Å². The lowest BCUT2D eigenvalue weighted by atomic mass is 10.1. The summed E-state index contributed by atoms with van der Waals surface area (Å²) in [6.45, 7) is 1.26. The van der Waals surface area contributed by atoms with Gasteiger partial charge in [-0.3, -0.25) is 9.59 Å². The van der Waals surface area contributed by atoms with Crippen molar-refractivity contribution in [2.45, 2.75) is 6.92 Å². The number of methoxy groups -OCH3 is 1. The van der Waals surface area contributed by atoms with Gasteiger partial charge in [0, 0.05) is 13.0 Å². The van der Waals surface area contributed by atoms with Crippen molar-refractivity contribution < 1.29 is 23.9 Å². The van der Waals surface area contributed by atoms with Crippen LogP contribution < -0.4 is 10.1 Å². The molecule has 0 atom stereocenters. The first kappa shape index (κ1) is 12.1. The fourth-order valence-corrected chi connectivity index (χ4v) is 1.71. The largest absolute Gasteiger partial charge is 0.485 e. The number of hydrogen-bond acceptors (Lipinski definition) is 5. The van der Waals surface area contributed by atoms with Crippen LogP contribution in [0.3, 0.4) is 0 Å². The molecule has 1 aromatic carbocycles. The van der Waals surface area contributed by atoms with Gasteiger partial charge in [-0.2, -0.15) is 0 Å². The fraction of sp³-hybridized carbons (Fsp3) is 0.250. The lowest BCUT2D eigenvalue weighted by Gasteiger charge is -2.10. The summed E-state index contributed by atoms with van der Waals surface area (Å²) in [5, 5.41) is 2.50. The molecule has 94 valence electrons. The minimum Gasteiger partial charge on any atom is -0.485 e. The summed E-state index contributed by atoms with van der Waals surface area (Å²) < 4.78 is 9.76. The monoisotopic (exact) mass is 249 g/mol. The molecule has 0 saturated heterocycles. The number of ketones is 1. The van der Waals surface area contributed by atoms with Crippen molar-refractivity contribution >= 4 is 23.3 Å². The molecule has 0 spiro atoms. The van der Waals surface area contributed by atoms with Gasteiger partial charge < -0.3 is 14.8 Å². The van der Waals surface area contributed by atoms with Gasteiger partial charge in [0.25, 0.3) is 0 Å². The van der Waals surface area contributed by atoms with Gasteiger partial charge in [-0.15, -0.1) is 0 Å². The lowest BCUT2D eigenvalue weighted by molar-refractivity contribution is -0.114. The number of benzene rings is 1. The Bertz CT molecular complexity index is 550. The standard InChI is InChI=1S/C12H11NO5/c1-6(14)13-9-4-11-8(10(15)5-18-11)3-7(9)12(16)17-2/h3-4H,5H2,1-2H3,(H,13,14). The van der Waals surface area contributed by atoms with Crippen LogP contribution in [0.1, 0.15) is 27.6 Å². The highest BCUT2D eigenvalue weighted by atomic mass is 16.5. The molecule has 18 heavy (non-hydrogen) atoms. The van der Waals surface area contributed by atoms with Crippen LogP contribution in [0.2, 0.25) is 0 Å². The van der Waals surface area contributed by atoms with Crippen molar-refractivity contribution in [1.29, 1.82) is 0 Å². The Balaban J connectivity index is 2.54. The van der Waals surface area contributed by atoms with E-state index in [1.54, 1.807) is 0 Å². The molecule has 0 bridgehead atoms. The van der Waals surface area contributed by atoms with E-state index in [0.717, 1.165) is 0 Å². The Morgan fingerprint density at radius 1 is 1.39 bits per heavy atom. The minimum atomic E-state index is -0.624. The third-order valence-corrected chi connectivity index (χ3v) is 2.49. The number of ether oxygens (including phenoxy) is 2. The topological polar surface area (TPSA) is 81.7 Å². The summed E-state index contributed by atoms with van der Waals surface area (Å²) in [5.74, 6) is -0.799. The highest BCUT2D eigenvalue weighted by molar-refractivity contribution is 6.08. The fourth-order valence-electron chi connectivity index (χ4n) is 1.71. The van der Waals surface area contributed by atoms with Crippen molar-refractivity contribution in [1.82, 2.24) is 0 Å². The summed E-state index contributed by atoms with van der Waals surface area (Å²) in [7, 11) is 1.23. The number of esters is 1. The first-order valence-corrected chi connectivity index (χ1v) is 5.23. The second-order valence-electron chi connectivity index (χ2n) is 3.78. The van der Waals surface area contributed by atoms with E-state index in [-0.39, 0.29) is 29.5 Å². The van der Waals surface area contributed by atoms with Crippen molar-refractivity contribution in [3.63, 3.8) is 0 Å². The molecule has 0 unspecified atom stereocenters. The molecule has 2 rings (SSSR count). The predicted octanol–water partition coefficient (Wildman–Crippen LogP) is 1.01. The van der Waals surface area contributed by atoms with Gasteiger partial charge in [0.2, 0.25) is 11.7 Å². The number of fused-ring (bicyclic) bond motifs is 1.